The average molecular weight is 459 g/mol. The highest BCUT2D eigenvalue weighted by Crippen LogP contribution is 2.41. The molecule has 1 heterocycles. The predicted molar refractivity (Wildman–Crippen MR) is 123 cm³/mol. The molecule has 8 heteroatoms. The van der Waals surface area contributed by atoms with E-state index in [1.165, 1.54) is 17.0 Å². The third-order valence-corrected chi connectivity index (χ3v) is 5.42. The summed E-state index contributed by atoms with van der Waals surface area (Å²) in [6.07, 6.45) is -0.00397. The molecular weight excluding hydrogens is 432 g/mol. The Morgan fingerprint density at radius 2 is 1.81 bits per heavy atom. The van der Waals surface area contributed by atoms with Gasteiger partial charge in [-0.3, -0.25) is 9.59 Å². The number of carbonyl (C=O) groups is 2. The van der Waals surface area contributed by atoms with Crippen LogP contribution in [0.3, 0.4) is 0 Å². The number of halogens is 1. The molecule has 0 radical (unpaired) electrons. The fourth-order valence-electron chi connectivity index (χ4n) is 3.58. The van der Waals surface area contributed by atoms with E-state index in [4.69, 9.17) is 16.3 Å². The molecule has 3 rings (SSSR count). The summed E-state index contributed by atoms with van der Waals surface area (Å²) in [5.74, 6) is -1.22. The van der Waals surface area contributed by atoms with Gasteiger partial charge in [0, 0.05) is 18.7 Å². The van der Waals surface area contributed by atoms with E-state index in [-0.39, 0.29) is 34.8 Å². The van der Waals surface area contributed by atoms with Crippen LogP contribution < -0.4 is 4.74 Å². The lowest BCUT2D eigenvalue weighted by molar-refractivity contribution is -0.140. The topological polar surface area (TPSA) is 90.3 Å². The number of amides is 1. The highest BCUT2D eigenvalue weighted by molar-refractivity contribution is 6.46. The number of hydrogen-bond acceptors (Lipinski definition) is 6. The Hall–Kier alpha value is -3.03. The van der Waals surface area contributed by atoms with Gasteiger partial charge in [0.1, 0.15) is 17.3 Å². The maximum atomic E-state index is 13.0. The average Bonchev–Trinajstić information content (AvgIpc) is 2.98. The number of Topliss-reactive ketones (excluding diaryl/α,β-unsaturated/α-hetero) is 1. The van der Waals surface area contributed by atoms with Crippen LogP contribution in [0.2, 0.25) is 5.02 Å². The number of ketones is 1. The third-order valence-electron chi connectivity index (χ3n) is 5.12. The summed E-state index contributed by atoms with van der Waals surface area (Å²) in [5.41, 5.74) is 0.890. The van der Waals surface area contributed by atoms with Crippen LogP contribution in [0.1, 0.15) is 31.0 Å². The molecule has 0 aromatic heterocycles. The first-order valence-electron chi connectivity index (χ1n) is 10.3. The normalized spacial score (nSPS) is 18.1. The molecule has 1 aliphatic heterocycles. The Morgan fingerprint density at radius 1 is 1.16 bits per heavy atom. The highest BCUT2D eigenvalue weighted by Gasteiger charge is 2.46. The summed E-state index contributed by atoms with van der Waals surface area (Å²) in [5, 5.41) is 21.0. The molecule has 1 amide bonds. The van der Waals surface area contributed by atoms with Gasteiger partial charge in [-0.15, -0.1) is 0 Å². The van der Waals surface area contributed by atoms with Gasteiger partial charge in [0.05, 0.1) is 22.7 Å². The van der Waals surface area contributed by atoms with Gasteiger partial charge in [0.2, 0.25) is 0 Å². The number of nitrogens with zero attached hydrogens (tertiary/aromatic N) is 2. The van der Waals surface area contributed by atoms with Crippen molar-refractivity contribution >= 4 is 29.1 Å². The van der Waals surface area contributed by atoms with Crippen molar-refractivity contribution in [1.82, 2.24) is 9.80 Å². The van der Waals surface area contributed by atoms with Crippen molar-refractivity contribution in [1.29, 1.82) is 0 Å². The second kappa shape index (κ2) is 9.63. The number of rotatable bonds is 7. The van der Waals surface area contributed by atoms with E-state index in [9.17, 15) is 19.8 Å². The zero-order valence-corrected chi connectivity index (χ0v) is 19.3. The minimum atomic E-state index is -0.834. The molecular formula is C24H27ClN2O5. The number of likely N-dealkylation sites (N-methyl/N-ethyl adjacent to an activating group) is 1. The van der Waals surface area contributed by atoms with Crippen LogP contribution >= 0.6 is 11.6 Å². The van der Waals surface area contributed by atoms with Crippen LogP contribution in [0, 0.1) is 0 Å². The third kappa shape index (κ3) is 4.89. The van der Waals surface area contributed by atoms with Crippen molar-refractivity contribution in [2.75, 3.05) is 27.2 Å². The highest BCUT2D eigenvalue weighted by atomic mass is 35.5. The van der Waals surface area contributed by atoms with Crippen LogP contribution in [0.4, 0.5) is 0 Å². The van der Waals surface area contributed by atoms with E-state index in [1.54, 1.807) is 30.3 Å². The zero-order chi connectivity index (χ0) is 23.6. The first-order valence-corrected chi connectivity index (χ1v) is 10.7. The number of phenols is 1. The number of aromatic hydroxyl groups is 1. The van der Waals surface area contributed by atoms with E-state index in [0.29, 0.717) is 23.4 Å². The number of likely N-dealkylation sites (tertiary alicyclic amines) is 1. The fraction of sp³-hybridized carbons (Fsp3) is 0.333. The number of aliphatic hydroxyl groups excluding tert-OH is 1. The van der Waals surface area contributed by atoms with Crippen molar-refractivity contribution in [2.24, 2.45) is 0 Å². The molecule has 0 saturated carbocycles. The number of hydrogen-bond donors (Lipinski definition) is 2. The van der Waals surface area contributed by atoms with E-state index < -0.39 is 17.7 Å². The summed E-state index contributed by atoms with van der Waals surface area (Å²) in [7, 11) is 3.73. The lowest BCUT2D eigenvalue weighted by atomic mass is 9.95. The van der Waals surface area contributed by atoms with Crippen molar-refractivity contribution in [2.45, 2.75) is 26.0 Å². The van der Waals surface area contributed by atoms with Gasteiger partial charge in [-0.05, 0) is 69.9 Å². The van der Waals surface area contributed by atoms with Gasteiger partial charge in [-0.25, -0.2) is 0 Å². The molecule has 0 spiro atoms. The zero-order valence-electron chi connectivity index (χ0n) is 18.5. The maximum Gasteiger partial charge on any atom is 0.295 e. The number of ether oxygens (including phenoxy) is 1. The second-order valence-corrected chi connectivity index (χ2v) is 8.60. The summed E-state index contributed by atoms with van der Waals surface area (Å²) < 4.78 is 5.63. The summed E-state index contributed by atoms with van der Waals surface area (Å²) in [6.45, 7) is 4.62. The number of phenolic OH excluding ortho intramolecular Hbond substituents is 1. The summed E-state index contributed by atoms with van der Waals surface area (Å²) in [4.78, 5) is 29.2. The predicted octanol–water partition coefficient (Wildman–Crippen LogP) is 3.82. The van der Waals surface area contributed by atoms with E-state index >= 15 is 0 Å². The SMILES string of the molecule is CC(C)Oc1ccc(/C(O)=C2/C(=O)C(=O)N(CCN(C)C)C2c2ccc(O)c(Cl)c2)cc1. The number of benzene rings is 2. The first-order chi connectivity index (χ1) is 15.1. The molecule has 0 bridgehead atoms. The summed E-state index contributed by atoms with van der Waals surface area (Å²) in [6, 6.07) is 10.3. The van der Waals surface area contributed by atoms with Crippen LogP contribution in [0.5, 0.6) is 11.5 Å². The molecule has 170 valence electrons. The molecule has 1 unspecified atom stereocenters. The minimum Gasteiger partial charge on any atom is -0.507 e. The summed E-state index contributed by atoms with van der Waals surface area (Å²) >= 11 is 6.10. The van der Waals surface area contributed by atoms with Gasteiger partial charge >= 0.3 is 0 Å². The lowest BCUT2D eigenvalue weighted by Crippen LogP contribution is -2.35. The molecule has 1 fully saturated rings. The molecule has 2 N–H and O–H groups in total. The molecule has 1 saturated heterocycles. The minimum absolute atomic E-state index is 0.00397. The van der Waals surface area contributed by atoms with Crippen molar-refractivity contribution in [3.63, 3.8) is 0 Å². The van der Waals surface area contributed by atoms with Gasteiger partial charge in [-0.1, -0.05) is 17.7 Å². The fourth-order valence-corrected chi connectivity index (χ4v) is 3.77. The monoisotopic (exact) mass is 458 g/mol. The molecule has 7 nitrogen and oxygen atoms in total. The Morgan fingerprint density at radius 3 is 2.38 bits per heavy atom. The lowest BCUT2D eigenvalue weighted by Gasteiger charge is -2.26. The molecule has 1 aliphatic rings. The second-order valence-electron chi connectivity index (χ2n) is 8.20. The first kappa shape index (κ1) is 23.6. The van der Waals surface area contributed by atoms with Crippen molar-refractivity contribution < 1.29 is 24.5 Å². The molecule has 2 aromatic carbocycles. The molecule has 1 atom stereocenters. The Labute approximate surface area is 192 Å². The quantitative estimate of drug-likeness (QED) is 0.372. The Kier molecular flexibility index (Phi) is 7.11. The Bertz CT molecular complexity index is 1050. The van der Waals surface area contributed by atoms with Gasteiger partial charge in [0.25, 0.3) is 11.7 Å². The standard InChI is InChI=1S/C24H27ClN2O5/c1-14(2)32-17-8-5-15(6-9-17)22(29)20-21(16-7-10-19(28)18(25)13-16)27(12-11-26(3)4)24(31)23(20)30/h5-10,13-14,21,28-29H,11-12H2,1-4H3/b22-20-. The molecule has 32 heavy (non-hydrogen) atoms. The van der Waals surface area contributed by atoms with Crippen LogP contribution in [0.15, 0.2) is 48.0 Å². The van der Waals surface area contributed by atoms with E-state index in [2.05, 4.69) is 0 Å². The van der Waals surface area contributed by atoms with Crippen LogP contribution in [-0.4, -0.2) is 65.0 Å². The van der Waals surface area contributed by atoms with Crippen molar-refractivity contribution in [3.05, 3.63) is 64.2 Å². The van der Waals surface area contributed by atoms with Gasteiger partial charge in [-0.2, -0.15) is 0 Å². The van der Waals surface area contributed by atoms with Gasteiger partial charge in [0.15, 0.2) is 0 Å². The maximum absolute atomic E-state index is 13.0. The van der Waals surface area contributed by atoms with Crippen molar-refractivity contribution in [3.8, 4) is 11.5 Å². The van der Waals surface area contributed by atoms with E-state index in [0.717, 1.165) is 0 Å². The number of carbonyl (C=O) groups excluding carboxylic acids is 2. The van der Waals surface area contributed by atoms with Gasteiger partial charge < -0.3 is 24.7 Å². The smallest absolute Gasteiger partial charge is 0.295 e. The Balaban J connectivity index is 2.10. The van der Waals surface area contributed by atoms with Crippen LogP contribution in [-0.2, 0) is 9.59 Å². The van der Waals surface area contributed by atoms with E-state index in [1.807, 2.05) is 32.8 Å². The molecule has 0 aliphatic carbocycles. The van der Waals surface area contributed by atoms with Crippen LogP contribution in [0.25, 0.3) is 5.76 Å². The molecule has 2 aromatic rings. The number of aliphatic hydroxyl groups is 1. The largest absolute Gasteiger partial charge is 0.507 e.